The van der Waals surface area contributed by atoms with Gasteiger partial charge in [-0.15, -0.1) is 0 Å². The molecule has 2 aromatic rings. The molecule has 6 nitrogen and oxygen atoms in total. The molecule has 0 saturated carbocycles. The van der Waals surface area contributed by atoms with Crippen LogP contribution in [0.15, 0.2) is 18.7 Å². The molecule has 6 heteroatoms. The van der Waals surface area contributed by atoms with Crippen molar-refractivity contribution in [2.45, 2.75) is 6.42 Å². The van der Waals surface area contributed by atoms with Crippen molar-refractivity contribution in [3.63, 3.8) is 0 Å². The van der Waals surface area contributed by atoms with Crippen LogP contribution in [0.1, 0.15) is 16.4 Å². The summed E-state index contributed by atoms with van der Waals surface area (Å²) in [5.41, 5.74) is 0. The highest BCUT2D eigenvalue weighted by Gasteiger charge is 2.14. The average molecular weight is 205 g/mol. The third-order valence-corrected chi connectivity index (χ3v) is 2.19. The number of hydrogen-bond donors (Lipinski definition) is 0. The molecule has 78 valence electrons. The number of Topliss-reactive ketones (excluding diaryl/α,β-unsaturated/α-hetero) is 1. The molecule has 0 N–H and O–H groups in total. The molecule has 0 aliphatic heterocycles. The Hall–Kier alpha value is -1.98. The highest BCUT2D eigenvalue weighted by atomic mass is 16.1. The third-order valence-electron chi connectivity index (χ3n) is 2.19. The summed E-state index contributed by atoms with van der Waals surface area (Å²) >= 11 is 0. The summed E-state index contributed by atoms with van der Waals surface area (Å²) in [6.45, 7) is 0. The molecule has 2 heterocycles. The van der Waals surface area contributed by atoms with E-state index in [0.717, 1.165) is 0 Å². The molecule has 0 bridgehead atoms. The second-order valence-corrected chi connectivity index (χ2v) is 3.26. The second kappa shape index (κ2) is 3.64. The Labute approximate surface area is 86.6 Å². The van der Waals surface area contributed by atoms with Gasteiger partial charge < -0.3 is 4.57 Å². The van der Waals surface area contributed by atoms with Crippen LogP contribution in [0, 0.1) is 0 Å². The van der Waals surface area contributed by atoms with E-state index in [1.54, 1.807) is 35.7 Å². The molecule has 2 rings (SSSR count). The van der Waals surface area contributed by atoms with Gasteiger partial charge in [-0.2, -0.15) is 5.10 Å². The van der Waals surface area contributed by atoms with Crippen LogP contribution < -0.4 is 0 Å². The number of rotatable bonds is 3. The fraction of sp³-hybridized carbons (Fsp3) is 0.333. The van der Waals surface area contributed by atoms with Crippen LogP contribution in [0.25, 0.3) is 0 Å². The SMILES string of the molecule is Cn1ccnc1C(=O)Cc1ncnn1C. The van der Waals surface area contributed by atoms with Crippen LogP contribution in [0.2, 0.25) is 0 Å². The fourth-order valence-corrected chi connectivity index (χ4v) is 1.34. The van der Waals surface area contributed by atoms with Crippen molar-refractivity contribution < 1.29 is 4.79 Å². The Kier molecular flexibility index (Phi) is 2.32. The van der Waals surface area contributed by atoms with Crippen molar-refractivity contribution >= 4 is 5.78 Å². The van der Waals surface area contributed by atoms with Crippen molar-refractivity contribution in [3.8, 4) is 0 Å². The standard InChI is InChI=1S/C9H11N5O/c1-13-4-3-10-9(13)7(15)5-8-11-6-12-14(8)2/h3-4,6H,5H2,1-2H3. The van der Waals surface area contributed by atoms with Gasteiger partial charge >= 0.3 is 0 Å². The number of aromatic nitrogens is 5. The number of ketones is 1. The van der Waals surface area contributed by atoms with Crippen molar-refractivity contribution in [3.05, 3.63) is 30.4 Å². The molecule has 0 radical (unpaired) electrons. The first-order valence-electron chi connectivity index (χ1n) is 4.52. The first-order valence-corrected chi connectivity index (χ1v) is 4.52. The van der Waals surface area contributed by atoms with Crippen LogP contribution in [0.4, 0.5) is 0 Å². The summed E-state index contributed by atoms with van der Waals surface area (Å²) in [5.74, 6) is 1.03. The van der Waals surface area contributed by atoms with E-state index in [2.05, 4.69) is 15.1 Å². The van der Waals surface area contributed by atoms with E-state index in [0.29, 0.717) is 11.6 Å². The molecule has 0 unspecified atom stereocenters. The van der Waals surface area contributed by atoms with Gasteiger partial charge in [0, 0.05) is 26.5 Å². The highest BCUT2D eigenvalue weighted by Crippen LogP contribution is 2.01. The lowest BCUT2D eigenvalue weighted by atomic mass is 10.2. The summed E-state index contributed by atoms with van der Waals surface area (Å²) in [7, 11) is 3.55. The predicted octanol–water partition coefficient (Wildman–Crippen LogP) is -0.0260. The van der Waals surface area contributed by atoms with Gasteiger partial charge in [-0.3, -0.25) is 9.48 Å². The Morgan fingerprint density at radius 2 is 2.20 bits per heavy atom. The molecular weight excluding hydrogens is 194 g/mol. The Balaban J connectivity index is 2.18. The van der Waals surface area contributed by atoms with Crippen molar-refractivity contribution in [1.82, 2.24) is 24.3 Å². The molecule has 0 amide bonds. The van der Waals surface area contributed by atoms with Gasteiger partial charge in [-0.05, 0) is 0 Å². The lowest BCUT2D eigenvalue weighted by molar-refractivity contribution is 0.0977. The zero-order chi connectivity index (χ0) is 10.8. The number of nitrogens with zero attached hydrogens (tertiary/aromatic N) is 5. The summed E-state index contributed by atoms with van der Waals surface area (Å²) in [6, 6.07) is 0. The van der Waals surface area contributed by atoms with Crippen LogP contribution in [0.3, 0.4) is 0 Å². The van der Waals surface area contributed by atoms with Gasteiger partial charge in [0.15, 0.2) is 5.82 Å². The van der Waals surface area contributed by atoms with Crippen LogP contribution >= 0.6 is 0 Å². The predicted molar refractivity (Wildman–Crippen MR) is 52.2 cm³/mol. The largest absolute Gasteiger partial charge is 0.332 e. The van der Waals surface area contributed by atoms with Gasteiger partial charge in [0.2, 0.25) is 5.78 Å². The monoisotopic (exact) mass is 205 g/mol. The summed E-state index contributed by atoms with van der Waals surface area (Å²) in [6.07, 6.45) is 5.00. The number of imidazole rings is 1. The summed E-state index contributed by atoms with van der Waals surface area (Å²) in [5, 5.41) is 3.90. The highest BCUT2D eigenvalue weighted by molar-refractivity contribution is 5.93. The van der Waals surface area contributed by atoms with Gasteiger partial charge in [-0.1, -0.05) is 0 Å². The Morgan fingerprint density at radius 3 is 2.73 bits per heavy atom. The van der Waals surface area contributed by atoms with Crippen molar-refractivity contribution in [2.75, 3.05) is 0 Å². The first kappa shape index (κ1) is 9.57. The molecule has 0 atom stereocenters. The molecule has 0 aliphatic rings. The Morgan fingerprint density at radius 1 is 1.40 bits per heavy atom. The van der Waals surface area contributed by atoms with Crippen molar-refractivity contribution in [2.24, 2.45) is 14.1 Å². The maximum Gasteiger partial charge on any atom is 0.205 e. The minimum absolute atomic E-state index is 0.0569. The quantitative estimate of drug-likeness (QED) is 0.660. The molecule has 0 fully saturated rings. The van der Waals surface area contributed by atoms with E-state index < -0.39 is 0 Å². The molecule has 0 aliphatic carbocycles. The van der Waals surface area contributed by atoms with E-state index in [-0.39, 0.29) is 12.2 Å². The van der Waals surface area contributed by atoms with Gasteiger partial charge in [0.25, 0.3) is 0 Å². The van der Waals surface area contributed by atoms with E-state index in [1.807, 2.05) is 0 Å². The van der Waals surface area contributed by atoms with Crippen LogP contribution in [0.5, 0.6) is 0 Å². The van der Waals surface area contributed by atoms with Gasteiger partial charge in [-0.25, -0.2) is 9.97 Å². The maximum absolute atomic E-state index is 11.8. The number of carbonyl (C=O) groups is 1. The summed E-state index contributed by atoms with van der Waals surface area (Å²) in [4.78, 5) is 19.8. The van der Waals surface area contributed by atoms with Crippen molar-refractivity contribution in [1.29, 1.82) is 0 Å². The first-order chi connectivity index (χ1) is 7.18. The zero-order valence-electron chi connectivity index (χ0n) is 8.58. The Bertz CT molecular complexity index is 484. The van der Waals surface area contributed by atoms with E-state index in [9.17, 15) is 4.79 Å². The smallest absolute Gasteiger partial charge is 0.205 e. The van der Waals surface area contributed by atoms with E-state index in [1.165, 1.54) is 6.33 Å². The average Bonchev–Trinajstić information content (AvgIpc) is 2.76. The van der Waals surface area contributed by atoms with Gasteiger partial charge in [0.05, 0.1) is 6.42 Å². The topological polar surface area (TPSA) is 65.6 Å². The minimum atomic E-state index is -0.0569. The maximum atomic E-state index is 11.8. The van der Waals surface area contributed by atoms with E-state index in [4.69, 9.17) is 0 Å². The number of aryl methyl sites for hydroxylation is 2. The lowest BCUT2D eigenvalue weighted by Gasteiger charge is -2.00. The molecule has 15 heavy (non-hydrogen) atoms. The fourth-order valence-electron chi connectivity index (χ4n) is 1.34. The van der Waals surface area contributed by atoms with E-state index >= 15 is 0 Å². The molecule has 0 saturated heterocycles. The summed E-state index contributed by atoms with van der Waals surface area (Å²) < 4.78 is 3.28. The van der Waals surface area contributed by atoms with Crippen LogP contribution in [-0.4, -0.2) is 30.1 Å². The minimum Gasteiger partial charge on any atom is -0.332 e. The molecular formula is C9H11N5O. The molecule has 0 aromatic carbocycles. The normalized spacial score (nSPS) is 10.5. The second-order valence-electron chi connectivity index (χ2n) is 3.26. The lowest BCUT2D eigenvalue weighted by Crippen LogP contribution is -2.13. The number of hydrogen-bond acceptors (Lipinski definition) is 4. The molecule has 2 aromatic heterocycles. The van der Waals surface area contributed by atoms with Crippen LogP contribution in [-0.2, 0) is 20.5 Å². The molecule has 0 spiro atoms. The van der Waals surface area contributed by atoms with Gasteiger partial charge in [0.1, 0.15) is 12.2 Å². The zero-order valence-corrected chi connectivity index (χ0v) is 8.58. The third kappa shape index (κ3) is 1.78. The number of carbonyl (C=O) groups excluding carboxylic acids is 1.